The van der Waals surface area contributed by atoms with Crippen molar-refractivity contribution in [1.29, 1.82) is 0 Å². The van der Waals surface area contributed by atoms with Gasteiger partial charge in [0.25, 0.3) is 5.91 Å². The largest absolute Gasteiger partial charge is 0.325 e. The van der Waals surface area contributed by atoms with Crippen LogP contribution >= 0.6 is 11.6 Å². The summed E-state index contributed by atoms with van der Waals surface area (Å²) in [5, 5.41) is 3.31. The maximum atomic E-state index is 13.0. The zero-order valence-electron chi connectivity index (χ0n) is 14.6. The van der Waals surface area contributed by atoms with Crippen LogP contribution in [0.3, 0.4) is 0 Å². The average molecular weight is 371 g/mol. The van der Waals surface area contributed by atoms with Gasteiger partial charge in [0.05, 0.1) is 6.54 Å². The summed E-state index contributed by atoms with van der Waals surface area (Å²) < 4.78 is 0. The molecule has 134 valence electrons. The minimum Gasteiger partial charge on any atom is -0.319 e. The molecule has 1 fully saturated rings. The van der Waals surface area contributed by atoms with Crippen LogP contribution in [-0.4, -0.2) is 29.2 Å². The number of halogens is 1. The van der Waals surface area contributed by atoms with Crippen LogP contribution in [0.25, 0.3) is 0 Å². The molecule has 2 aromatic carbocycles. The van der Waals surface area contributed by atoms with Crippen LogP contribution in [0.4, 0.5) is 4.79 Å². The highest BCUT2D eigenvalue weighted by Crippen LogP contribution is 2.33. The molecule has 1 N–H and O–H groups in total. The van der Waals surface area contributed by atoms with E-state index in [9.17, 15) is 14.4 Å². The Hall–Kier alpha value is -2.66. The monoisotopic (exact) mass is 370 g/mol. The predicted octanol–water partition coefficient (Wildman–Crippen LogP) is 3.69. The Morgan fingerprint density at radius 1 is 1.08 bits per heavy atom. The van der Waals surface area contributed by atoms with Gasteiger partial charge in [-0.25, -0.2) is 4.79 Å². The lowest BCUT2D eigenvalue weighted by Gasteiger charge is -2.25. The highest BCUT2D eigenvalue weighted by Gasteiger charge is 2.51. The number of carbonyl (C=O) groups excluding carboxylic acids is 3. The van der Waals surface area contributed by atoms with Crippen molar-refractivity contribution in [3.63, 3.8) is 0 Å². The molecular formula is C20H19ClN2O3. The second-order valence-corrected chi connectivity index (χ2v) is 6.81. The fourth-order valence-corrected chi connectivity index (χ4v) is 3.24. The van der Waals surface area contributed by atoms with Gasteiger partial charge in [-0.1, -0.05) is 60.5 Å². The zero-order chi connectivity index (χ0) is 18.9. The third-order valence-corrected chi connectivity index (χ3v) is 4.97. The molecule has 0 aliphatic carbocycles. The zero-order valence-corrected chi connectivity index (χ0v) is 15.3. The molecule has 1 saturated heterocycles. The highest BCUT2D eigenvalue weighted by molar-refractivity contribution is 6.30. The standard InChI is InChI=1S/C20H19ClN2O3/c1-3-20(15-8-10-16(21)11-9-15)18(25)23(19(26)22-20)12-17(24)14-6-4-13(2)5-7-14/h4-11H,3,12H2,1-2H3,(H,22,26). The number of urea groups is 1. The lowest BCUT2D eigenvalue weighted by molar-refractivity contribution is -0.131. The lowest BCUT2D eigenvalue weighted by atomic mass is 9.87. The normalized spacial score (nSPS) is 19.6. The van der Waals surface area contributed by atoms with E-state index in [1.807, 2.05) is 26.0 Å². The summed E-state index contributed by atoms with van der Waals surface area (Å²) in [4.78, 5) is 38.9. The van der Waals surface area contributed by atoms with E-state index in [4.69, 9.17) is 11.6 Å². The van der Waals surface area contributed by atoms with Crippen molar-refractivity contribution >= 4 is 29.3 Å². The van der Waals surface area contributed by atoms with Crippen LogP contribution in [0, 0.1) is 6.92 Å². The molecule has 6 heteroatoms. The van der Waals surface area contributed by atoms with Gasteiger partial charge < -0.3 is 5.32 Å². The van der Waals surface area contributed by atoms with Crippen molar-refractivity contribution in [3.05, 3.63) is 70.2 Å². The maximum absolute atomic E-state index is 13.0. The average Bonchev–Trinajstić information content (AvgIpc) is 2.88. The van der Waals surface area contributed by atoms with Crippen molar-refractivity contribution in [2.24, 2.45) is 0 Å². The molecule has 2 aromatic rings. The molecule has 0 bridgehead atoms. The first kappa shape index (κ1) is 18.1. The minimum absolute atomic E-state index is 0.281. The van der Waals surface area contributed by atoms with Crippen LogP contribution in [-0.2, 0) is 10.3 Å². The molecule has 3 amide bonds. The fraction of sp³-hybridized carbons (Fsp3) is 0.250. The molecule has 0 aromatic heterocycles. The summed E-state index contributed by atoms with van der Waals surface area (Å²) in [6.45, 7) is 3.45. The molecule has 1 aliphatic heterocycles. The molecule has 1 atom stereocenters. The number of hydrogen-bond donors (Lipinski definition) is 1. The van der Waals surface area contributed by atoms with Gasteiger partial charge in [0, 0.05) is 10.6 Å². The van der Waals surface area contributed by atoms with Crippen molar-refractivity contribution in [2.75, 3.05) is 6.54 Å². The number of aryl methyl sites for hydroxylation is 1. The van der Waals surface area contributed by atoms with Crippen molar-refractivity contribution in [2.45, 2.75) is 25.8 Å². The van der Waals surface area contributed by atoms with Gasteiger partial charge in [-0.05, 0) is 31.0 Å². The summed E-state index contributed by atoms with van der Waals surface area (Å²) in [5.74, 6) is -0.704. The molecule has 1 aliphatic rings. The second-order valence-electron chi connectivity index (χ2n) is 6.38. The number of Topliss-reactive ketones (excluding diaryl/α,β-unsaturated/α-hetero) is 1. The first-order valence-electron chi connectivity index (χ1n) is 8.37. The van der Waals surface area contributed by atoms with Gasteiger partial charge in [-0.3, -0.25) is 14.5 Å². The molecule has 1 unspecified atom stereocenters. The molecule has 0 radical (unpaired) electrons. The van der Waals surface area contributed by atoms with Gasteiger partial charge in [-0.15, -0.1) is 0 Å². The molecule has 5 nitrogen and oxygen atoms in total. The molecule has 0 saturated carbocycles. The molecule has 0 spiro atoms. The Labute approximate surface area is 156 Å². The van der Waals surface area contributed by atoms with E-state index in [0.717, 1.165) is 10.5 Å². The number of nitrogens with one attached hydrogen (secondary N) is 1. The first-order chi connectivity index (χ1) is 12.4. The fourth-order valence-electron chi connectivity index (χ4n) is 3.12. The number of nitrogens with zero attached hydrogens (tertiary/aromatic N) is 1. The number of rotatable bonds is 5. The van der Waals surface area contributed by atoms with Crippen LogP contribution < -0.4 is 5.32 Å². The Morgan fingerprint density at radius 3 is 2.27 bits per heavy atom. The third kappa shape index (κ3) is 3.10. The Kier molecular flexibility index (Phi) is 4.83. The Morgan fingerprint density at radius 2 is 1.69 bits per heavy atom. The number of amides is 3. The van der Waals surface area contributed by atoms with Gasteiger partial charge in [-0.2, -0.15) is 0 Å². The van der Waals surface area contributed by atoms with Crippen LogP contribution in [0.1, 0.15) is 34.8 Å². The van der Waals surface area contributed by atoms with E-state index in [1.165, 1.54) is 0 Å². The van der Waals surface area contributed by atoms with Crippen molar-refractivity contribution in [3.8, 4) is 0 Å². The van der Waals surface area contributed by atoms with E-state index in [-0.39, 0.29) is 12.3 Å². The van der Waals surface area contributed by atoms with E-state index in [0.29, 0.717) is 22.6 Å². The second kappa shape index (κ2) is 6.92. The Balaban J connectivity index is 1.87. The summed E-state index contributed by atoms with van der Waals surface area (Å²) in [6, 6.07) is 13.3. The minimum atomic E-state index is -1.17. The van der Waals surface area contributed by atoms with E-state index >= 15 is 0 Å². The Bertz CT molecular complexity index is 862. The van der Waals surface area contributed by atoms with Gasteiger partial charge in [0.1, 0.15) is 5.54 Å². The summed E-state index contributed by atoms with van der Waals surface area (Å²) in [5.41, 5.74) is 0.976. The van der Waals surface area contributed by atoms with Crippen LogP contribution in [0.15, 0.2) is 48.5 Å². The molecule has 26 heavy (non-hydrogen) atoms. The van der Waals surface area contributed by atoms with Gasteiger partial charge in [0.2, 0.25) is 0 Å². The van der Waals surface area contributed by atoms with Crippen LogP contribution in [0.5, 0.6) is 0 Å². The van der Waals surface area contributed by atoms with Crippen molar-refractivity contribution < 1.29 is 14.4 Å². The van der Waals surface area contributed by atoms with E-state index < -0.39 is 17.5 Å². The smallest absolute Gasteiger partial charge is 0.319 e. The molecule has 3 rings (SSSR count). The summed E-state index contributed by atoms with van der Waals surface area (Å²) >= 11 is 5.92. The quantitative estimate of drug-likeness (QED) is 0.644. The maximum Gasteiger partial charge on any atom is 0.325 e. The number of ketones is 1. The molecular weight excluding hydrogens is 352 g/mol. The predicted molar refractivity (Wildman–Crippen MR) is 99.2 cm³/mol. The first-order valence-corrected chi connectivity index (χ1v) is 8.75. The number of benzene rings is 2. The SMILES string of the molecule is CCC1(c2ccc(Cl)cc2)NC(=O)N(CC(=O)c2ccc(C)cc2)C1=O. The summed E-state index contributed by atoms with van der Waals surface area (Å²) in [6.07, 6.45) is 0.369. The number of imide groups is 1. The topological polar surface area (TPSA) is 66.5 Å². The molecule has 1 heterocycles. The van der Waals surface area contributed by atoms with E-state index in [1.54, 1.807) is 36.4 Å². The number of hydrogen-bond acceptors (Lipinski definition) is 3. The van der Waals surface area contributed by atoms with E-state index in [2.05, 4.69) is 5.32 Å². The highest BCUT2D eigenvalue weighted by atomic mass is 35.5. The third-order valence-electron chi connectivity index (χ3n) is 4.72. The van der Waals surface area contributed by atoms with Gasteiger partial charge in [0.15, 0.2) is 5.78 Å². The number of carbonyl (C=O) groups is 3. The van der Waals surface area contributed by atoms with Crippen LogP contribution in [0.2, 0.25) is 5.02 Å². The lowest BCUT2D eigenvalue weighted by Crippen LogP contribution is -2.43. The van der Waals surface area contributed by atoms with Crippen molar-refractivity contribution in [1.82, 2.24) is 10.2 Å². The van der Waals surface area contributed by atoms with Gasteiger partial charge >= 0.3 is 6.03 Å². The summed E-state index contributed by atoms with van der Waals surface area (Å²) in [7, 11) is 0.